The SMILES string of the molecule is CC(C)c1cc(C(=O)NC2CC(c3ccc4c(n3)n(C)c(=O)n4CC(C)(C)C)CCC2(C)C)no1. The number of rotatable bonds is 5. The maximum absolute atomic E-state index is 13.0. The number of aromatic nitrogens is 4. The van der Waals surface area contributed by atoms with Gasteiger partial charge in [0.25, 0.3) is 5.91 Å². The molecule has 3 aromatic heterocycles. The fourth-order valence-electron chi connectivity index (χ4n) is 5.01. The molecule has 1 aliphatic carbocycles. The molecule has 8 nitrogen and oxygen atoms in total. The molecule has 0 radical (unpaired) electrons. The summed E-state index contributed by atoms with van der Waals surface area (Å²) < 4.78 is 8.79. The van der Waals surface area contributed by atoms with E-state index < -0.39 is 0 Å². The third-order valence-electron chi connectivity index (χ3n) is 7.29. The van der Waals surface area contributed by atoms with Crippen molar-refractivity contribution in [3.8, 4) is 0 Å². The number of aryl methyl sites for hydroxylation is 1. The Balaban J connectivity index is 1.58. The summed E-state index contributed by atoms with van der Waals surface area (Å²) in [6.07, 6.45) is 2.72. The van der Waals surface area contributed by atoms with Gasteiger partial charge in [-0.05, 0) is 42.2 Å². The summed E-state index contributed by atoms with van der Waals surface area (Å²) >= 11 is 0. The standard InChI is InChI=1S/C27H39N5O3/c1-16(2)21-14-19(30-35-21)24(33)29-22-13-17(11-12-27(22,6)7)18-9-10-20-23(28-18)31(8)25(34)32(20)15-26(3,4)5/h9-10,14,16-17,22H,11-13,15H2,1-8H3,(H,29,33). The van der Waals surface area contributed by atoms with Gasteiger partial charge in [0.2, 0.25) is 0 Å². The minimum absolute atomic E-state index is 0.0169. The van der Waals surface area contributed by atoms with Crippen LogP contribution in [0.4, 0.5) is 0 Å². The molecule has 3 aromatic rings. The predicted octanol–water partition coefficient (Wildman–Crippen LogP) is 4.98. The zero-order valence-corrected chi connectivity index (χ0v) is 22.3. The van der Waals surface area contributed by atoms with E-state index in [9.17, 15) is 9.59 Å². The van der Waals surface area contributed by atoms with Crippen molar-refractivity contribution in [3.05, 3.63) is 45.8 Å². The van der Waals surface area contributed by atoms with Gasteiger partial charge in [-0.25, -0.2) is 9.78 Å². The van der Waals surface area contributed by atoms with Crippen molar-refractivity contribution in [3.63, 3.8) is 0 Å². The number of amides is 1. The van der Waals surface area contributed by atoms with E-state index in [1.807, 2.05) is 24.5 Å². The summed E-state index contributed by atoms with van der Waals surface area (Å²) in [5, 5.41) is 7.19. The third kappa shape index (κ3) is 5.07. The molecule has 3 heterocycles. The number of hydrogen-bond acceptors (Lipinski definition) is 5. The Hall–Kier alpha value is -2.90. The number of fused-ring (bicyclic) bond motifs is 1. The monoisotopic (exact) mass is 481 g/mol. The average molecular weight is 482 g/mol. The van der Waals surface area contributed by atoms with Crippen LogP contribution in [0.3, 0.4) is 0 Å². The molecule has 0 aromatic carbocycles. The molecular weight excluding hydrogens is 442 g/mol. The van der Waals surface area contributed by atoms with Gasteiger partial charge in [-0.3, -0.25) is 13.9 Å². The molecule has 8 heteroatoms. The highest BCUT2D eigenvalue weighted by Crippen LogP contribution is 2.42. The highest BCUT2D eigenvalue weighted by Gasteiger charge is 2.39. The predicted molar refractivity (Wildman–Crippen MR) is 137 cm³/mol. The van der Waals surface area contributed by atoms with Gasteiger partial charge >= 0.3 is 5.69 Å². The highest BCUT2D eigenvalue weighted by molar-refractivity contribution is 5.92. The van der Waals surface area contributed by atoms with E-state index >= 15 is 0 Å². The Morgan fingerprint density at radius 3 is 2.63 bits per heavy atom. The smallest absolute Gasteiger partial charge is 0.330 e. The Kier molecular flexibility index (Phi) is 6.45. The van der Waals surface area contributed by atoms with E-state index in [1.165, 1.54) is 0 Å². The Morgan fingerprint density at radius 1 is 1.29 bits per heavy atom. The molecule has 0 bridgehead atoms. The molecule has 0 aliphatic heterocycles. The first kappa shape index (κ1) is 25.2. The van der Waals surface area contributed by atoms with Crippen LogP contribution in [0, 0.1) is 10.8 Å². The normalized spacial score (nSPS) is 20.5. The minimum Gasteiger partial charge on any atom is -0.360 e. The molecule has 2 atom stereocenters. The van der Waals surface area contributed by atoms with E-state index in [2.05, 4.69) is 51.2 Å². The van der Waals surface area contributed by atoms with Gasteiger partial charge in [0.05, 0.1) is 5.52 Å². The van der Waals surface area contributed by atoms with Crippen molar-refractivity contribution in [2.45, 2.75) is 92.2 Å². The third-order valence-corrected chi connectivity index (χ3v) is 7.29. The maximum atomic E-state index is 13.0. The van der Waals surface area contributed by atoms with Gasteiger partial charge in [-0.1, -0.05) is 53.6 Å². The van der Waals surface area contributed by atoms with Crippen LogP contribution in [0.15, 0.2) is 27.5 Å². The average Bonchev–Trinajstić information content (AvgIpc) is 3.35. The first-order valence-electron chi connectivity index (χ1n) is 12.6. The zero-order valence-electron chi connectivity index (χ0n) is 22.3. The van der Waals surface area contributed by atoms with Crippen LogP contribution in [0.1, 0.15) is 102 Å². The van der Waals surface area contributed by atoms with Gasteiger partial charge in [-0.15, -0.1) is 0 Å². The molecular formula is C27H39N5O3. The number of hydrogen-bond donors (Lipinski definition) is 1. The maximum Gasteiger partial charge on any atom is 0.330 e. The van der Waals surface area contributed by atoms with E-state index in [0.29, 0.717) is 23.6 Å². The summed E-state index contributed by atoms with van der Waals surface area (Å²) in [5.74, 6) is 0.874. The van der Waals surface area contributed by atoms with Crippen molar-refractivity contribution < 1.29 is 9.32 Å². The second-order valence-corrected chi connectivity index (χ2v) is 12.3. The van der Waals surface area contributed by atoms with Crippen molar-refractivity contribution >= 4 is 17.1 Å². The van der Waals surface area contributed by atoms with Crippen molar-refractivity contribution in [1.82, 2.24) is 24.6 Å². The Labute approximate surface area is 207 Å². The lowest BCUT2D eigenvalue weighted by Crippen LogP contribution is -2.48. The Bertz CT molecular complexity index is 1290. The lowest BCUT2D eigenvalue weighted by atomic mass is 9.68. The molecule has 1 aliphatic rings. The van der Waals surface area contributed by atoms with Crippen LogP contribution in [0.5, 0.6) is 0 Å². The highest BCUT2D eigenvalue weighted by atomic mass is 16.5. The molecule has 1 N–H and O–H groups in total. The molecule has 190 valence electrons. The lowest BCUT2D eigenvalue weighted by molar-refractivity contribution is 0.0827. The minimum atomic E-state index is -0.204. The summed E-state index contributed by atoms with van der Waals surface area (Å²) in [6, 6.07) is 5.78. The molecule has 2 unspecified atom stereocenters. The number of carbonyl (C=O) groups is 1. The van der Waals surface area contributed by atoms with Crippen LogP contribution < -0.4 is 11.0 Å². The Morgan fingerprint density at radius 2 is 2.00 bits per heavy atom. The fraction of sp³-hybridized carbons (Fsp3) is 0.630. The topological polar surface area (TPSA) is 95.0 Å². The molecule has 1 fully saturated rings. The summed E-state index contributed by atoms with van der Waals surface area (Å²) in [6.45, 7) is 15.4. The fourth-order valence-corrected chi connectivity index (χ4v) is 5.01. The molecule has 1 amide bonds. The second kappa shape index (κ2) is 8.95. The summed E-state index contributed by atoms with van der Waals surface area (Å²) in [4.78, 5) is 30.8. The number of pyridine rings is 1. The van der Waals surface area contributed by atoms with Crippen molar-refractivity contribution in [2.75, 3.05) is 0 Å². The van der Waals surface area contributed by atoms with Gasteiger partial charge in [0, 0.05) is 43.2 Å². The lowest BCUT2D eigenvalue weighted by Gasteiger charge is -2.42. The zero-order chi connectivity index (χ0) is 25.7. The first-order chi connectivity index (χ1) is 16.3. The van der Waals surface area contributed by atoms with E-state index in [-0.39, 0.29) is 40.3 Å². The van der Waals surface area contributed by atoms with E-state index in [1.54, 1.807) is 17.7 Å². The van der Waals surface area contributed by atoms with Crippen LogP contribution in [0.2, 0.25) is 0 Å². The summed E-state index contributed by atoms with van der Waals surface area (Å²) in [7, 11) is 1.79. The van der Waals surface area contributed by atoms with Gasteiger partial charge in [-0.2, -0.15) is 0 Å². The number of nitrogens with zero attached hydrogens (tertiary/aromatic N) is 4. The quantitative estimate of drug-likeness (QED) is 0.554. The number of nitrogens with one attached hydrogen (secondary N) is 1. The van der Waals surface area contributed by atoms with E-state index in [0.717, 1.165) is 30.5 Å². The number of imidazole rings is 1. The van der Waals surface area contributed by atoms with Crippen LogP contribution in [0.25, 0.3) is 11.2 Å². The molecule has 0 spiro atoms. The summed E-state index contributed by atoms with van der Waals surface area (Å²) in [5.41, 5.74) is 2.76. The van der Waals surface area contributed by atoms with Crippen molar-refractivity contribution in [1.29, 1.82) is 0 Å². The van der Waals surface area contributed by atoms with Crippen LogP contribution in [-0.2, 0) is 13.6 Å². The van der Waals surface area contributed by atoms with Crippen LogP contribution >= 0.6 is 0 Å². The largest absolute Gasteiger partial charge is 0.360 e. The van der Waals surface area contributed by atoms with E-state index in [4.69, 9.17) is 9.51 Å². The van der Waals surface area contributed by atoms with Crippen LogP contribution in [-0.4, -0.2) is 31.2 Å². The van der Waals surface area contributed by atoms with Gasteiger partial charge in [0.15, 0.2) is 11.3 Å². The van der Waals surface area contributed by atoms with Gasteiger partial charge in [0.1, 0.15) is 5.76 Å². The molecule has 0 saturated heterocycles. The number of carbonyl (C=O) groups excluding carboxylic acids is 1. The second-order valence-electron chi connectivity index (χ2n) is 12.3. The molecule has 1 saturated carbocycles. The molecule has 35 heavy (non-hydrogen) atoms. The first-order valence-corrected chi connectivity index (χ1v) is 12.6. The van der Waals surface area contributed by atoms with Gasteiger partial charge < -0.3 is 9.84 Å². The van der Waals surface area contributed by atoms with Crippen molar-refractivity contribution in [2.24, 2.45) is 17.9 Å². The molecule has 4 rings (SSSR count).